The fourth-order valence-electron chi connectivity index (χ4n) is 2.09. The van der Waals surface area contributed by atoms with Crippen molar-refractivity contribution in [3.8, 4) is 5.75 Å². The Morgan fingerprint density at radius 1 is 1.71 bits per heavy atom. The van der Waals surface area contributed by atoms with Crippen LogP contribution in [0.4, 0.5) is 0 Å². The van der Waals surface area contributed by atoms with Crippen LogP contribution in [0.3, 0.4) is 0 Å². The summed E-state index contributed by atoms with van der Waals surface area (Å²) in [5, 5.41) is 9.33. The molecule has 2 unspecified atom stereocenters. The van der Waals surface area contributed by atoms with E-state index in [1.165, 1.54) is 0 Å². The summed E-state index contributed by atoms with van der Waals surface area (Å²) >= 11 is 6.00. The molecular weight excluding hydrogens is 242 g/mol. The summed E-state index contributed by atoms with van der Waals surface area (Å²) in [6, 6.07) is 2.94. The summed E-state index contributed by atoms with van der Waals surface area (Å²) in [5.74, 6) is -0.229. The van der Waals surface area contributed by atoms with E-state index in [1.54, 1.807) is 6.07 Å². The largest absolute Gasteiger partial charge is 0.490 e. The van der Waals surface area contributed by atoms with E-state index in [4.69, 9.17) is 27.2 Å². The molecule has 0 saturated heterocycles. The van der Waals surface area contributed by atoms with E-state index in [0.717, 1.165) is 12.0 Å². The third-order valence-corrected chi connectivity index (χ3v) is 3.00. The van der Waals surface area contributed by atoms with Crippen LogP contribution in [0.5, 0.6) is 5.75 Å². The molecule has 1 aromatic rings. The number of carbonyl (C=O) groups is 1. The first-order valence-electron chi connectivity index (χ1n) is 5.43. The van der Waals surface area contributed by atoms with Crippen LogP contribution >= 0.6 is 11.6 Å². The van der Waals surface area contributed by atoms with Crippen LogP contribution in [0.25, 0.3) is 0 Å². The number of fused-ring (bicyclic) bond motifs is 1. The van der Waals surface area contributed by atoms with Gasteiger partial charge in [0.1, 0.15) is 11.9 Å². The summed E-state index contributed by atoms with van der Waals surface area (Å²) in [6.07, 6.45) is 0.729. The number of aliphatic carboxylic acids is 1. The van der Waals surface area contributed by atoms with Gasteiger partial charge in [-0.05, 0) is 24.6 Å². The van der Waals surface area contributed by atoms with Crippen molar-refractivity contribution in [2.45, 2.75) is 31.9 Å². The molecule has 2 atom stereocenters. The molecule has 0 fully saturated rings. The molecular formula is C12H14ClNO3. The lowest BCUT2D eigenvalue weighted by molar-refractivity contribution is -0.137. The SMILES string of the molecule is CC1Cc2cc(Cl)cc(C(N)CC(=O)O)c2O1. The fourth-order valence-corrected chi connectivity index (χ4v) is 2.34. The number of rotatable bonds is 3. The lowest BCUT2D eigenvalue weighted by Crippen LogP contribution is -2.16. The van der Waals surface area contributed by atoms with Crippen LogP contribution in [-0.2, 0) is 11.2 Å². The molecule has 4 nitrogen and oxygen atoms in total. The van der Waals surface area contributed by atoms with Crippen molar-refractivity contribution in [1.82, 2.24) is 0 Å². The number of nitrogens with two attached hydrogens (primary N) is 1. The van der Waals surface area contributed by atoms with Crippen molar-refractivity contribution in [2.75, 3.05) is 0 Å². The molecule has 1 heterocycles. The maximum absolute atomic E-state index is 10.7. The van der Waals surface area contributed by atoms with Crippen LogP contribution < -0.4 is 10.5 Å². The average molecular weight is 256 g/mol. The van der Waals surface area contributed by atoms with Crippen LogP contribution in [0.15, 0.2) is 12.1 Å². The number of hydrogen-bond donors (Lipinski definition) is 2. The lowest BCUT2D eigenvalue weighted by atomic mass is 10.00. The predicted octanol–water partition coefficient (Wildman–Crippen LogP) is 2.14. The van der Waals surface area contributed by atoms with Gasteiger partial charge in [-0.15, -0.1) is 0 Å². The van der Waals surface area contributed by atoms with Gasteiger partial charge < -0.3 is 15.6 Å². The topological polar surface area (TPSA) is 72.6 Å². The molecule has 0 aromatic heterocycles. The molecule has 92 valence electrons. The van der Waals surface area contributed by atoms with Gasteiger partial charge in [0.2, 0.25) is 0 Å². The van der Waals surface area contributed by atoms with Crippen molar-refractivity contribution in [1.29, 1.82) is 0 Å². The Morgan fingerprint density at radius 2 is 2.41 bits per heavy atom. The van der Waals surface area contributed by atoms with Crippen molar-refractivity contribution in [2.24, 2.45) is 5.73 Å². The number of carboxylic acids is 1. The summed E-state index contributed by atoms with van der Waals surface area (Å²) < 4.78 is 5.66. The van der Waals surface area contributed by atoms with E-state index in [-0.39, 0.29) is 12.5 Å². The number of benzene rings is 1. The van der Waals surface area contributed by atoms with E-state index in [1.807, 2.05) is 13.0 Å². The standard InChI is InChI=1S/C12H14ClNO3/c1-6-2-7-3-8(13)4-9(12(7)17-6)10(14)5-11(15)16/h3-4,6,10H,2,5,14H2,1H3,(H,15,16). The van der Waals surface area contributed by atoms with E-state index < -0.39 is 12.0 Å². The van der Waals surface area contributed by atoms with Crippen molar-refractivity contribution in [3.05, 3.63) is 28.3 Å². The van der Waals surface area contributed by atoms with Crippen molar-refractivity contribution >= 4 is 17.6 Å². The molecule has 0 amide bonds. The molecule has 0 aliphatic carbocycles. The highest BCUT2D eigenvalue weighted by molar-refractivity contribution is 6.30. The molecule has 2 rings (SSSR count). The third kappa shape index (κ3) is 2.53. The Hall–Kier alpha value is -1.26. The smallest absolute Gasteiger partial charge is 0.305 e. The minimum Gasteiger partial charge on any atom is -0.490 e. The lowest BCUT2D eigenvalue weighted by Gasteiger charge is -2.15. The minimum absolute atomic E-state index is 0.0826. The summed E-state index contributed by atoms with van der Waals surface area (Å²) in [6.45, 7) is 1.96. The van der Waals surface area contributed by atoms with Gasteiger partial charge in [-0.3, -0.25) is 4.79 Å². The second kappa shape index (κ2) is 4.55. The maximum Gasteiger partial charge on any atom is 0.305 e. The molecule has 0 spiro atoms. The van der Waals surface area contributed by atoms with Gasteiger partial charge in [0.25, 0.3) is 0 Å². The summed E-state index contributed by atoms with van der Waals surface area (Å²) in [4.78, 5) is 10.7. The van der Waals surface area contributed by atoms with Crippen LogP contribution in [-0.4, -0.2) is 17.2 Å². The zero-order chi connectivity index (χ0) is 12.6. The Morgan fingerprint density at radius 3 is 3.06 bits per heavy atom. The number of carboxylic acid groups (broad SMARTS) is 1. The van der Waals surface area contributed by atoms with Gasteiger partial charge in [-0.1, -0.05) is 11.6 Å². The number of hydrogen-bond acceptors (Lipinski definition) is 3. The van der Waals surface area contributed by atoms with E-state index in [0.29, 0.717) is 16.3 Å². The molecule has 17 heavy (non-hydrogen) atoms. The summed E-state index contributed by atoms with van der Waals surface area (Å²) in [5.41, 5.74) is 7.54. The fraction of sp³-hybridized carbons (Fsp3) is 0.417. The van der Waals surface area contributed by atoms with E-state index >= 15 is 0 Å². The molecule has 3 N–H and O–H groups in total. The minimum atomic E-state index is -0.933. The highest BCUT2D eigenvalue weighted by Crippen LogP contribution is 2.38. The second-order valence-corrected chi connectivity index (χ2v) is 4.76. The Kier molecular flexibility index (Phi) is 3.26. The van der Waals surface area contributed by atoms with Crippen molar-refractivity contribution < 1.29 is 14.6 Å². The van der Waals surface area contributed by atoms with Crippen LogP contribution in [0, 0.1) is 0 Å². The molecule has 5 heteroatoms. The first kappa shape index (κ1) is 12.2. The highest BCUT2D eigenvalue weighted by Gasteiger charge is 2.26. The molecule has 0 bridgehead atoms. The van der Waals surface area contributed by atoms with Crippen LogP contribution in [0.2, 0.25) is 5.02 Å². The molecule has 1 aliphatic rings. The summed E-state index contributed by atoms with van der Waals surface area (Å²) in [7, 11) is 0. The van der Waals surface area contributed by atoms with Crippen LogP contribution in [0.1, 0.15) is 30.5 Å². The first-order chi connectivity index (χ1) is 7.97. The zero-order valence-corrected chi connectivity index (χ0v) is 10.2. The Bertz CT molecular complexity index is 461. The predicted molar refractivity (Wildman–Crippen MR) is 64.4 cm³/mol. The number of ether oxygens (including phenoxy) is 1. The molecule has 0 saturated carbocycles. The third-order valence-electron chi connectivity index (χ3n) is 2.78. The quantitative estimate of drug-likeness (QED) is 0.868. The first-order valence-corrected chi connectivity index (χ1v) is 5.81. The van der Waals surface area contributed by atoms with Gasteiger partial charge in [-0.25, -0.2) is 0 Å². The van der Waals surface area contributed by atoms with Gasteiger partial charge in [0.05, 0.1) is 6.42 Å². The van der Waals surface area contributed by atoms with E-state index in [9.17, 15) is 4.79 Å². The Labute approximate surface area is 104 Å². The van der Waals surface area contributed by atoms with Gasteiger partial charge in [-0.2, -0.15) is 0 Å². The molecule has 1 aromatic carbocycles. The molecule has 0 radical (unpaired) electrons. The average Bonchev–Trinajstić information content (AvgIpc) is 2.55. The van der Waals surface area contributed by atoms with Crippen molar-refractivity contribution in [3.63, 3.8) is 0 Å². The number of halogens is 1. The normalized spacial score (nSPS) is 19.6. The van der Waals surface area contributed by atoms with Gasteiger partial charge in [0.15, 0.2) is 0 Å². The molecule has 1 aliphatic heterocycles. The second-order valence-electron chi connectivity index (χ2n) is 4.32. The van der Waals surface area contributed by atoms with Gasteiger partial charge in [0, 0.05) is 23.0 Å². The van der Waals surface area contributed by atoms with E-state index in [2.05, 4.69) is 0 Å². The Balaban J connectivity index is 2.37. The zero-order valence-electron chi connectivity index (χ0n) is 9.44. The highest BCUT2D eigenvalue weighted by atomic mass is 35.5. The van der Waals surface area contributed by atoms with Gasteiger partial charge >= 0.3 is 5.97 Å². The maximum atomic E-state index is 10.7. The monoisotopic (exact) mass is 255 g/mol.